The first kappa shape index (κ1) is 13.9. The second-order valence-corrected chi connectivity index (χ2v) is 4.89. The van der Waals surface area contributed by atoms with Crippen LogP contribution in [0.25, 0.3) is 0 Å². The van der Waals surface area contributed by atoms with Crippen molar-refractivity contribution >= 4 is 0 Å². The van der Waals surface area contributed by atoms with E-state index in [2.05, 4.69) is 0 Å². The molecule has 0 spiro atoms. The molecule has 6 heteroatoms. The lowest BCUT2D eigenvalue weighted by Crippen LogP contribution is -2.60. The third kappa shape index (κ3) is 2.45. The van der Waals surface area contributed by atoms with Gasteiger partial charge in [0.25, 0.3) is 0 Å². The summed E-state index contributed by atoms with van der Waals surface area (Å²) >= 11 is 0. The molecule has 2 fully saturated rings. The van der Waals surface area contributed by atoms with Crippen LogP contribution >= 0.6 is 0 Å². The zero-order valence-electron chi connectivity index (χ0n) is 11.0. The number of aliphatic hydroxyl groups excluding tert-OH is 1. The molecule has 110 valence electrons. The van der Waals surface area contributed by atoms with E-state index >= 15 is 0 Å². The number of benzene rings is 1. The van der Waals surface area contributed by atoms with Crippen molar-refractivity contribution in [1.82, 2.24) is 0 Å². The first-order valence-electron chi connectivity index (χ1n) is 6.53. The van der Waals surface area contributed by atoms with Gasteiger partial charge in [0.2, 0.25) is 0 Å². The van der Waals surface area contributed by atoms with Gasteiger partial charge in [0.15, 0.2) is 18.8 Å². The molecule has 0 aliphatic carbocycles. The number of fused-ring (bicyclic) bond motifs is 1. The number of halogens is 1. The molecule has 1 aromatic rings. The van der Waals surface area contributed by atoms with Crippen LogP contribution < -0.4 is 0 Å². The molecular weight excluding hydrogens is 267 g/mol. The second-order valence-electron chi connectivity index (χ2n) is 4.89. The lowest BCUT2D eigenvalue weighted by molar-refractivity contribution is -0.350. The van der Waals surface area contributed by atoms with E-state index in [1.165, 1.54) is 7.11 Å². The summed E-state index contributed by atoms with van der Waals surface area (Å²) in [7, 11) is 1.33. The molecule has 20 heavy (non-hydrogen) atoms. The maximum Gasteiger partial charge on any atom is 0.191 e. The topological polar surface area (TPSA) is 57.2 Å². The maximum atomic E-state index is 13.9. The van der Waals surface area contributed by atoms with Gasteiger partial charge in [-0.15, -0.1) is 0 Å². The van der Waals surface area contributed by atoms with Crippen molar-refractivity contribution < 1.29 is 28.4 Å². The predicted molar refractivity (Wildman–Crippen MR) is 66.6 cm³/mol. The predicted octanol–water partition coefficient (Wildman–Crippen LogP) is 1.17. The summed E-state index contributed by atoms with van der Waals surface area (Å²) < 4.78 is 35.4. The van der Waals surface area contributed by atoms with E-state index in [0.717, 1.165) is 5.56 Å². The third-order valence-electron chi connectivity index (χ3n) is 3.59. The van der Waals surface area contributed by atoms with Gasteiger partial charge in [-0.2, -0.15) is 0 Å². The van der Waals surface area contributed by atoms with Crippen molar-refractivity contribution in [2.75, 3.05) is 13.7 Å². The highest BCUT2D eigenvalue weighted by molar-refractivity contribution is 5.16. The zero-order valence-corrected chi connectivity index (χ0v) is 11.0. The molecule has 1 aromatic carbocycles. The Balaban J connectivity index is 1.74. The molecule has 0 aromatic heterocycles. The maximum absolute atomic E-state index is 13.9. The van der Waals surface area contributed by atoms with E-state index in [1.807, 2.05) is 30.3 Å². The minimum Gasteiger partial charge on any atom is -0.387 e. The van der Waals surface area contributed by atoms with Gasteiger partial charge >= 0.3 is 0 Å². The zero-order chi connectivity index (χ0) is 14.1. The van der Waals surface area contributed by atoms with Gasteiger partial charge in [-0.05, 0) is 0 Å². The fraction of sp³-hybridized carbons (Fsp3) is 0.571. The minimum absolute atomic E-state index is 0.216. The molecule has 2 heterocycles. The van der Waals surface area contributed by atoms with Crippen molar-refractivity contribution in [3.8, 4) is 0 Å². The molecule has 0 radical (unpaired) electrons. The van der Waals surface area contributed by atoms with E-state index < -0.39 is 37.1 Å². The largest absolute Gasteiger partial charge is 0.387 e. The summed E-state index contributed by atoms with van der Waals surface area (Å²) in [5.41, 5.74) is 0.822. The summed E-state index contributed by atoms with van der Waals surface area (Å²) in [5.74, 6) is 0. The van der Waals surface area contributed by atoms with Crippen LogP contribution in [0, 0.1) is 0 Å². The Hall–Kier alpha value is -1.05. The van der Waals surface area contributed by atoms with Crippen LogP contribution in [0.3, 0.4) is 0 Å². The highest BCUT2D eigenvalue weighted by Crippen LogP contribution is 2.34. The first-order chi connectivity index (χ1) is 9.70. The number of methoxy groups -OCH3 is 1. The van der Waals surface area contributed by atoms with Crippen molar-refractivity contribution in [1.29, 1.82) is 0 Å². The standard InChI is InChI=1S/C14H17FO5/c1-17-14-10(15)11(16)12-9(19-14)7-18-13(20-12)8-5-3-2-4-6-8/h2-6,9-14,16H,7H2,1H3/t9-,10-,11+,12-,13?,14+/m1/s1. The number of alkyl halides is 1. The minimum atomic E-state index is -1.64. The lowest BCUT2D eigenvalue weighted by Gasteiger charge is -2.45. The molecule has 5 nitrogen and oxygen atoms in total. The Morgan fingerprint density at radius 2 is 2.00 bits per heavy atom. The fourth-order valence-corrected chi connectivity index (χ4v) is 2.52. The highest BCUT2D eigenvalue weighted by Gasteiger charge is 2.49. The molecular formula is C14H17FO5. The van der Waals surface area contributed by atoms with E-state index in [4.69, 9.17) is 18.9 Å². The van der Waals surface area contributed by atoms with Crippen LogP contribution in [0.4, 0.5) is 4.39 Å². The van der Waals surface area contributed by atoms with Gasteiger partial charge in [0.1, 0.15) is 18.3 Å². The van der Waals surface area contributed by atoms with E-state index in [9.17, 15) is 9.50 Å². The number of hydrogen-bond acceptors (Lipinski definition) is 5. The Bertz CT molecular complexity index is 440. The normalized spacial score (nSPS) is 41.1. The Morgan fingerprint density at radius 3 is 2.70 bits per heavy atom. The number of ether oxygens (including phenoxy) is 4. The molecule has 6 atom stereocenters. The van der Waals surface area contributed by atoms with Crippen LogP contribution in [-0.4, -0.2) is 49.6 Å². The van der Waals surface area contributed by atoms with Crippen molar-refractivity contribution in [2.45, 2.75) is 37.1 Å². The van der Waals surface area contributed by atoms with Crippen LogP contribution in [-0.2, 0) is 18.9 Å². The van der Waals surface area contributed by atoms with Crippen LogP contribution in [0.2, 0.25) is 0 Å². The van der Waals surface area contributed by atoms with Gasteiger partial charge in [0.05, 0.1) is 6.61 Å². The van der Waals surface area contributed by atoms with Crippen molar-refractivity contribution in [3.63, 3.8) is 0 Å². The van der Waals surface area contributed by atoms with Crippen LogP contribution in [0.15, 0.2) is 30.3 Å². The van der Waals surface area contributed by atoms with Gasteiger partial charge in [-0.25, -0.2) is 4.39 Å². The number of aliphatic hydroxyl groups is 1. The van der Waals surface area contributed by atoms with Crippen molar-refractivity contribution in [3.05, 3.63) is 35.9 Å². The smallest absolute Gasteiger partial charge is 0.191 e. The van der Waals surface area contributed by atoms with Crippen molar-refractivity contribution in [2.24, 2.45) is 0 Å². The quantitative estimate of drug-likeness (QED) is 0.883. The van der Waals surface area contributed by atoms with Gasteiger partial charge in [-0.3, -0.25) is 0 Å². The summed E-state index contributed by atoms with van der Waals surface area (Å²) in [4.78, 5) is 0. The second kappa shape index (κ2) is 5.75. The van der Waals surface area contributed by atoms with E-state index in [-0.39, 0.29) is 6.61 Å². The van der Waals surface area contributed by atoms with Crippen LogP contribution in [0.5, 0.6) is 0 Å². The molecule has 2 saturated heterocycles. The Labute approximate surface area is 116 Å². The van der Waals surface area contributed by atoms with Gasteiger partial charge in [-0.1, -0.05) is 30.3 Å². The molecule has 3 rings (SSSR count). The Kier molecular flexibility index (Phi) is 4.00. The summed E-state index contributed by atoms with van der Waals surface area (Å²) in [6.45, 7) is 0.216. The lowest BCUT2D eigenvalue weighted by atomic mass is 9.99. The molecule has 1 N–H and O–H groups in total. The SMILES string of the molecule is CO[C@H]1O[C@@H]2COC(c3ccccc3)O[C@H]2[C@@H](O)[C@H]1F. The summed E-state index contributed by atoms with van der Waals surface area (Å²) in [5, 5.41) is 10.0. The molecule has 0 saturated carbocycles. The summed E-state index contributed by atoms with van der Waals surface area (Å²) in [6, 6.07) is 9.31. The Morgan fingerprint density at radius 1 is 1.25 bits per heavy atom. The first-order valence-corrected chi connectivity index (χ1v) is 6.53. The van der Waals surface area contributed by atoms with Crippen LogP contribution in [0.1, 0.15) is 11.9 Å². The van der Waals surface area contributed by atoms with Gasteiger partial charge < -0.3 is 24.1 Å². The molecule has 2 aliphatic rings. The fourth-order valence-electron chi connectivity index (χ4n) is 2.52. The monoisotopic (exact) mass is 284 g/mol. The average molecular weight is 284 g/mol. The molecule has 2 aliphatic heterocycles. The van der Waals surface area contributed by atoms with E-state index in [0.29, 0.717) is 0 Å². The third-order valence-corrected chi connectivity index (χ3v) is 3.59. The number of hydrogen-bond donors (Lipinski definition) is 1. The number of rotatable bonds is 2. The molecule has 1 unspecified atom stereocenters. The average Bonchev–Trinajstić information content (AvgIpc) is 2.51. The van der Waals surface area contributed by atoms with E-state index in [1.54, 1.807) is 0 Å². The molecule has 0 bridgehead atoms. The highest BCUT2D eigenvalue weighted by atomic mass is 19.1. The van der Waals surface area contributed by atoms with Gasteiger partial charge in [0, 0.05) is 12.7 Å². The molecule has 0 amide bonds. The summed E-state index contributed by atoms with van der Waals surface area (Å²) in [6.07, 6.45) is -5.96.